The van der Waals surface area contributed by atoms with E-state index in [4.69, 9.17) is 0 Å². The second-order valence-corrected chi connectivity index (χ2v) is 7.79. The molecule has 28 heavy (non-hydrogen) atoms. The summed E-state index contributed by atoms with van der Waals surface area (Å²) in [4.78, 5) is 23.1. The Balaban J connectivity index is 1.72. The lowest BCUT2D eigenvalue weighted by Crippen LogP contribution is -2.40. The molecule has 6 heteroatoms. The smallest absolute Gasteiger partial charge is 0.224 e. The number of benzene rings is 1. The van der Waals surface area contributed by atoms with Crippen LogP contribution in [0.2, 0.25) is 0 Å². The largest absolute Gasteiger partial charge is 0.310 e. The normalized spacial score (nSPS) is 18.8. The van der Waals surface area contributed by atoms with Crippen LogP contribution in [-0.4, -0.2) is 31.7 Å². The van der Waals surface area contributed by atoms with Crippen molar-refractivity contribution in [3.05, 3.63) is 48.7 Å². The maximum Gasteiger partial charge on any atom is 0.224 e. The Morgan fingerprint density at radius 3 is 2.71 bits per heavy atom. The zero-order valence-corrected chi connectivity index (χ0v) is 16.2. The molecule has 1 fully saturated rings. The van der Waals surface area contributed by atoms with Crippen LogP contribution in [-0.2, 0) is 11.2 Å². The number of amides is 1. The summed E-state index contributed by atoms with van der Waals surface area (Å²) in [5.41, 5.74) is 6.26. The molecule has 1 aromatic carbocycles. The molecular weight excluding hydrogens is 350 g/mol. The van der Waals surface area contributed by atoms with Gasteiger partial charge in [0, 0.05) is 48.4 Å². The molecule has 142 valence electrons. The van der Waals surface area contributed by atoms with Crippen LogP contribution in [0.15, 0.2) is 43.1 Å². The number of anilines is 1. The first kappa shape index (κ1) is 17.1. The first-order valence-corrected chi connectivity index (χ1v) is 9.90. The van der Waals surface area contributed by atoms with E-state index in [9.17, 15) is 4.79 Å². The second kappa shape index (κ2) is 6.55. The van der Waals surface area contributed by atoms with Crippen molar-refractivity contribution in [3.8, 4) is 22.4 Å². The summed E-state index contributed by atoms with van der Waals surface area (Å²) in [5, 5.41) is 4.57. The second-order valence-electron chi connectivity index (χ2n) is 7.79. The number of carbonyl (C=O) groups excluding carboxylic acids is 1. The Kier molecular flexibility index (Phi) is 4.00. The van der Waals surface area contributed by atoms with Gasteiger partial charge >= 0.3 is 0 Å². The third kappa shape index (κ3) is 2.80. The molecule has 3 heterocycles. The highest BCUT2D eigenvalue weighted by molar-refractivity contribution is 5.97. The van der Waals surface area contributed by atoms with Crippen LogP contribution in [0.3, 0.4) is 0 Å². The van der Waals surface area contributed by atoms with Gasteiger partial charge in [-0.1, -0.05) is 6.07 Å². The molecule has 5 rings (SSSR count). The van der Waals surface area contributed by atoms with Crippen LogP contribution in [0.5, 0.6) is 0 Å². The summed E-state index contributed by atoms with van der Waals surface area (Å²) in [5.74, 6) is 0.0767. The molecule has 1 amide bonds. The van der Waals surface area contributed by atoms with E-state index in [1.165, 1.54) is 18.4 Å². The predicted octanol–water partition coefficient (Wildman–Crippen LogP) is 4.03. The van der Waals surface area contributed by atoms with Crippen molar-refractivity contribution in [2.45, 2.75) is 51.6 Å². The Bertz CT molecular complexity index is 1040. The zero-order valence-electron chi connectivity index (χ0n) is 16.2. The van der Waals surface area contributed by atoms with Gasteiger partial charge < -0.3 is 4.90 Å². The molecule has 0 unspecified atom stereocenters. The van der Waals surface area contributed by atoms with E-state index < -0.39 is 0 Å². The number of fused-ring (bicyclic) bond motifs is 1. The van der Waals surface area contributed by atoms with Gasteiger partial charge in [-0.25, -0.2) is 0 Å². The van der Waals surface area contributed by atoms with Gasteiger partial charge in [0.15, 0.2) is 0 Å². The highest BCUT2D eigenvalue weighted by Crippen LogP contribution is 2.43. The van der Waals surface area contributed by atoms with Crippen LogP contribution in [0.4, 0.5) is 5.69 Å². The van der Waals surface area contributed by atoms with Gasteiger partial charge in [-0.2, -0.15) is 5.10 Å². The first-order valence-electron chi connectivity index (χ1n) is 9.90. The Hall–Kier alpha value is -3.02. The number of aromatic nitrogens is 4. The standard InChI is InChI=1S/C22H23N5O/c1-14-3-6-19-21(27(14)15(2)28)8-7-18(22(19)20-12-23-9-10-24-20)16-11-25-26(13-16)17-4-5-17/h7-14,17H,3-6H2,1-2H3/t14-/m0/s1. The van der Waals surface area contributed by atoms with Crippen molar-refractivity contribution in [1.29, 1.82) is 0 Å². The van der Waals surface area contributed by atoms with Crippen LogP contribution in [0, 0.1) is 0 Å². The Morgan fingerprint density at radius 2 is 2.00 bits per heavy atom. The third-order valence-electron chi connectivity index (χ3n) is 5.79. The van der Waals surface area contributed by atoms with Crippen molar-refractivity contribution in [3.63, 3.8) is 0 Å². The molecule has 0 bridgehead atoms. The van der Waals surface area contributed by atoms with Crippen LogP contribution in [0.25, 0.3) is 22.4 Å². The molecule has 2 aliphatic rings. The fourth-order valence-electron chi connectivity index (χ4n) is 4.29. The average molecular weight is 373 g/mol. The molecule has 1 aliphatic carbocycles. The Labute approximate surface area is 164 Å². The maximum absolute atomic E-state index is 12.3. The minimum absolute atomic E-state index is 0.0767. The molecule has 1 atom stereocenters. The monoisotopic (exact) mass is 373 g/mol. The molecule has 1 aliphatic heterocycles. The highest BCUT2D eigenvalue weighted by Gasteiger charge is 2.30. The summed E-state index contributed by atoms with van der Waals surface area (Å²) in [6.45, 7) is 3.75. The van der Waals surface area contributed by atoms with Gasteiger partial charge in [-0.15, -0.1) is 0 Å². The van der Waals surface area contributed by atoms with E-state index in [0.29, 0.717) is 6.04 Å². The van der Waals surface area contributed by atoms with Gasteiger partial charge in [-0.05, 0) is 49.8 Å². The summed E-state index contributed by atoms with van der Waals surface area (Å²) in [7, 11) is 0. The summed E-state index contributed by atoms with van der Waals surface area (Å²) in [6.07, 6.45) is 13.5. The van der Waals surface area contributed by atoms with E-state index >= 15 is 0 Å². The fourth-order valence-corrected chi connectivity index (χ4v) is 4.29. The molecular formula is C22H23N5O. The minimum atomic E-state index is 0.0767. The molecule has 0 saturated heterocycles. The van der Waals surface area contributed by atoms with Crippen LogP contribution >= 0.6 is 0 Å². The summed E-state index contributed by atoms with van der Waals surface area (Å²) < 4.78 is 2.07. The lowest BCUT2D eigenvalue weighted by atomic mass is 9.87. The zero-order chi connectivity index (χ0) is 19.3. The van der Waals surface area contributed by atoms with Gasteiger partial charge in [-0.3, -0.25) is 19.4 Å². The highest BCUT2D eigenvalue weighted by atomic mass is 16.2. The minimum Gasteiger partial charge on any atom is -0.310 e. The van der Waals surface area contributed by atoms with E-state index in [1.54, 1.807) is 25.5 Å². The average Bonchev–Trinajstić information content (AvgIpc) is 3.44. The summed E-state index contributed by atoms with van der Waals surface area (Å²) in [6, 6.07) is 4.92. The van der Waals surface area contributed by atoms with Gasteiger partial charge in [0.25, 0.3) is 0 Å². The third-order valence-corrected chi connectivity index (χ3v) is 5.79. The number of carbonyl (C=O) groups is 1. The van der Waals surface area contributed by atoms with Gasteiger partial charge in [0.2, 0.25) is 5.91 Å². The molecule has 1 saturated carbocycles. The number of rotatable bonds is 3. The predicted molar refractivity (Wildman–Crippen MR) is 108 cm³/mol. The number of nitrogens with zero attached hydrogens (tertiary/aromatic N) is 5. The van der Waals surface area contributed by atoms with Crippen molar-refractivity contribution in [2.24, 2.45) is 0 Å². The first-order chi connectivity index (χ1) is 13.6. The van der Waals surface area contributed by atoms with E-state index in [0.717, 1.165) is 40.9 Å². The fraction of sp³-hybridized carbons (Fsp3) is 0.364. The molecule has 2 aromatic heterocycles. The van der Waals surface area contributed by atoms with Crippen molar-refractivity contribution in [2.75, 3.05) is 4.90 Å². The van der Waals surface area contributed by atoms with Crippen molar-refractivity contribution < 1.29 is 4.79 Å². The summed E-state index contributed by atoms with van der Waals surface area (Å²) >= 11 is 0. The van der Waals surface area contributed by atoms with Gasteiger partial charge in [0.05, 0.1) is 24.1 Å². The lowest BCUT2D eigenvalue weighted by molar-refractivity contribution is -0.117. The molecule has 0 radical (unpaired) electrons. The lowest BCUT2D eigenvalue weighted by Gasteiger charge is -2.36. The van der Waals surface area contributed by atoms with E-state index in [1.807, 2.05) is 11.1 Å². The molecule has 6 nitrogen and oxygen atoms in total. The quantitative estimate of drug-likeness (QED) is 0.695. The molecule has 0 spiro atoms. The van der Waals surface area contributed by atoms with Gasteiger partial charge in [0.1, 0.15) is 0 Å². The van der Waals surface area contributed by atoms with Crippen LogP contribution < -0.4 is 4.90 Å². The molecule has 0 N–H and O–H groups in total. The van der Waals surface area contributed by atoms with E-state index in [2.05, 4.69) is 45.0 Å². The number of hydrogen-bond acceptors (Lipinski definition) is 4. The SMILES string of the molecule is CC(=O)N1c2ccc(-c3cnn(C4CC4)c3)c(-c3cnccn3)c2CC[C@@H]1C. The Morgan fingerprint density at radius 1 is 1.14 bits per heavy atom. The van der Waals surface area contributed by atoms with Crippen molar-refractivity contribution >= 4 is 11.6 Å². The van der Waals surface area contributed by atoms with Crippen LogP contribution in [0.1, 0.15) is 44.7 Å². The van der Waals surface area contributed by atoms with E-state index in [-0.39, 0.29) is 11.9 Å². The topological polar surface area (TPSA) is 63.9 Å². The number of hydrogen-bond donors (Lipinski definition) is 0. The molecule has 3 aromatic rings. The maximum atomic E-state index is 12.3. The van der Waals surface area contributed by atoms with Crippen molar-refractivity contribution in [1.82, 2.24) is 19.7 Å².